The van der Waals surface area contributed by atoms with Gasteiger partial charge in [-0.15, -0.1) is 5.10 Å². The summed E-state index contributed by atoms with van der Waals surface area (Å²) in [5, 5.41) is 15.1. The van der Waals surface area contributed by atoms with Crippen molar-refractivity contribution in [2.24, 2.45) is 11.8 Å². The number of aryl methyl sites for hydroxylation is 3. The highest BCUT2D eigenvalue weighted by Gasteiger charge is 2.34. The molecule has 186 valence electrons. The molecule has 0 spiro atoms. The average molecular weight is 476 g/mol. The van der Waals surface area contributed by atoms with Crippen molar-refractivity contribution in [3.05, 3.63) is 41.2 Å². The van der Waals surface area contributed by atoms with Crippen LogP contribution in [0.25, 0.3) is 16.6 Å². The monoisotopic (exact) mass is 475 g/mol. The minimum atomic E-state index is 0.102. The van der Waals surface area contributed by atoms with E-state index in [0.717, 1.165) is 85.8 Å². The quantitative estimate of drug-likeness (QED) is 0.564. The zero-order chi connectivity index (χ0) is 24.7. The van der Waals surface area contributed by atoms with Gasteiger partial charge in [0.25, 0.3) is 0 Å². The summed E-state index contributed by atoms with van der Waals surface area (Å²) in [6, 6.07) is 8.41. The SMILES string of the molecule is Cc1ccc(-n2nc3c(N4CCC(C(=O)N5CC[C@@H](CN(C)C)C5)CC4)nnc(C)c3c2C)cc1. The molecule has 3 aromatic rings. The van der Waals surface area contributed by atoms with E-state index in [2.05, 4.69) is 77.1 Å². The summed E-state index contributed by atoms with van der Waals surface area (Å²) in [7, 11) is 4.22. The summed E-state index contributed by atoms with van der Waals surface area (Å²) in [5.41, 5.74) is 5.13. The van der Waals surface area contributed by atoms with Gasteiger partial charge in [0, 0.05) is 38.6 Å². The van der Waals surface area contributed by atoms with Gasteiger partial charge in [-0.2, -0.15) is 10.2 Å². The maximum atomic E-state index is 13.2. The number of benzene rings is 1. The summed E-state index contributed by atoms with van der Waals surface area (Å²) >= 11 is 0. The molecule has 2 saturated heterocycles. The molecule has 0 unspecified atom stereocenters. The summed E-state index contributed by atoms with van der Waals surface area (Å²) in [5.74, 6) is 1.87. The number of piperidine rings is 1. The van der Waals surface area contributed by atoms with Crippen LogP contribution in [0, 0.1) is 32.6 Å². The predicted molar refractivity (Wildman–Crippen MR) is 139 cm³/mol. The van der Waals surface area contributed by atoms with Crippen molar-refractivity contribution in [1.82, 2.24) is 29.8 Å². The first kappa shape index (κ1) is 23.7. The van der Waals surface area contributed by atoms with Crippen molar-refractivity contribution in [1.29, 1.82) is 0 Å². The van der Waals surface area contributed by atoms with E-state index >= 15 is 0 Å². The molecule has 0 saturated carbocycles. The number of likely N-dealkylation sites (tertiary alicyclic amines) is 1. The second kappa shape index (κ2) is 9.57. The van der Waals surface area contributed by atoms with Crippen LogP contribution in [0.15, 0.2) is 24.3 Å². The maximum Gasteiger partial charge on any atom is 0.225 e. The van der Waals surface area contributed by atoms with Crippen molar-refractivity contribution >= 4 is 22.6 Å². The molecule has 2 aliphatic rings. The lowest BCUT2D eigenvalue weighted by Crippen LogP contribution is -2.42. The van der Waals surface area contributed by atoms with Gasteiger partial charge in [-0.05, 0) is 72.2 Å². The number of nitrogens with zero attached hydrogens (tertiary/aromatic N) is 7. The molecule has 0 aliphatic carbocycles. The van der Waals surface area contributed by atoms with Crippen LogP contribution >= 0.6 is 0 Å². The van der Waals surface area contributed by atoms with E-state index in [1.54, 1.807) is 0 Å². The number of hydrogen-bond acceptors (Lipinski definition) is 6. The number of carbonyl (C=O) groups excluding carboxylic acids is 1. The fourth-order valence-electron chi connectivity index (χ4n) is 5.76. The molecule has 0 bridgehead atoms. The van der Waals surface area contributed by atoms with E-state index in [-0.39, 0.29) is 5.92 Å². The molecule has 8 nitrogen and oxygen atoms in total. The topological polar surface area (TPSA) is 70.4 Å². The van der Waals surface area contributed by atoms with Crippen LogP contribution in [0.1, 0.15) is 36.2 Å². The van der Waals surface area contributed by atoms with Crippen molar-refractivity contribution in [3.8, 4) is 5.69 Å². The highest BCUT2D eigenvalue weighted by Crippen LogP contribution is 2.32. The Morgan fingerprint density at radius 3 is 2.40 bits per heavy atom. The Morgan fingerprint density at radius 1 is 1.00 bits per heavy atom. The molecular formula is C27H37N7O. The summed E-state index contributed by atoms with van der Waals surface area (Å²) in [6.45, 7) is 10.6. The van der Waals surface area contributed by atoms with Gasteiger partial charge >= 0.3 is 0 Å². The highest BCUT2D eigenvalue weighted by molar-refractivity contribution is 5.92. The number of amides is 1. The third kappa shape index (κ3) is 4.63. The zero-order valence-corrected chi connectivity index (χ0v) is 21.7. The van der Waals surface area contributed by atoms with Gasteiger partial charge in [0.2, 0.25) is 5.91 Å². The van der Waals surface area contributed by atoms with Crippen LogP contribution in [0.5, 0.6) is 0 Å². The number of aromatic nitrogens is 4. The van der Waals surface area contributed by atoms with Crippen LogP contribution in [0.3, 0.4) is 0 Å². The Morgan fingerprint density at radius 2 is 1.71 bits per heavy atom. The Balaban J connectivity index is 1.32. The lowest BCUT2D eigenvalue weighted by Gasteiger charge is -2.33. The predicted octanol–water partition coefficient (Wildman–Crippen LogP) is 3.37. The molecule has 8 heteroatoms. The van der Waals surface area contributed by atoms with Crippen LogP contribution < -0.4 is 4.90 Å². The van der Waals surface area contributed by atoms with Gasteiger partial charge in [0.05, 0.1) is 22.5 Å². The fraction of sp³-hybridized carbons (Fsp3) is 0.556. The largest absolute Gasteiger partial charge is 0.353 e. The van der Waals surface area contributed by atoms with Crippen LogP contribution in [0.4, 0.5) is 5.82 Å². The van der Waals surface area contributed by atoms with E-state index in [0.29, 0.717) is 11.8 Å². The molecule has 5 rings (SSSR count). The molecule has 1 atom stereocenters. The van der Waals surface area contributed by atoms with E-state index in [1.165, 1.54) is 5.56 Å². The average Bonchev–Trinajstić information content (AvgIpc) is 3.44. The van der Waals surface area contributed by atoms with Crippen LogP contribution in [0.2, 0.25) is 0 Å². The normalized spacial score (nSPS) is 19.3. The number of anilines is 1. The second-order valence-corrected chi connectivity index (χ2v) is 10.6. The van der Waals surface area contributed by atoms with Gasteiger partial charge in [-0.25, -0.2) is 4.68 Å². The third-order valence-electron chi connectivity index (χ3n) is 7.63. The highest BCUT2D eigenvalue weighted by atomic mass is 16.2. The van der Waals surface area contributed by atoms with Crippen molar-refractivity contribution < 1.29 is 4.79 Å². The smallest absolute Gasteiger partial charge is 0.225 e. The van der Waals surface area contributed by atoms with Gasteiger partial charge in [-0.3, -0.25) is 4.79 Å². The molecule has 2 aromatic heterocycles. The lowest BCUT2D eigenvalue weighted by molar-refractivity contribution is -0.135. The van der Waals surface area contributed by atoms with E-state index in [9.17, 15) is 4.79 Å². The first-order valence-corrected chi connectivity index (χ1v) is 12.8. The van der Waals surface area contributed by atoms with E-state index in [1.807, 2.05) is 11.6 Å². The number of fused-ring (bicyclic) bond motifs is 1. The standard InChI is InChI=1S/C27H37N7O/c1-18-6-8-23(9-7-18)34-20(3)24-19(2)28-29-26(25(24)30-34)32-14-11-22(12-15-32)27(35)33-13-10-21(17-33)16-31(4)5/h6-9,21-22H,10-17H2,1-5H3/t21-/m0/s1. The minimum absolute atomic E-state index is 0.102. The van der Waals surface area contributed by atoms with Crippen LogP contribution in [-0.4, -0.2) is 82.5 Å². The zero-order valence-electron chi connectivity index (χ0n) is 21.7. The number of rotatable bonds is 5. The fourth-order valence-corrected chi connectivity index (χ4v) is 5.76. The first-order chi connectivity index (χ1) is 16.8. The first-order valence-electron chi connectivity index (χ1n) is 12.8. The number of hydrogen-bond donors (Lipinski definition) is 0. The summed E-state index contributed by atoms with van der Waals surface area (Å²) < 4.78 is 2.00. The van der Waals surface area contributed by atoms with Crippen molar-refractivity contribution in [2.45, 2.75) is 40.0 Å². The number of carbonyl (C=O) groups is 1. The Labute approximate surface area is 207 Å². The van der Waals surface area contributed by atoms with Gasteiger partial charge in [0.15, 0.2) is 5.82 Å². The van der Waals surface area contributed by atoms with E-state index in [4.69, 9.17) is 5.10 Å². The molecule has 2 aliphatic heterocycles. The second-order valence-electron chi connectivity index (χ2n) is 10.6. The van der Waals surface area contributed by atoms with Crippen molar-refractivity contribution in [3.63, 3.8) is 0 Å². The van der Waals surface area contributed by atoms with E-state index < -0.39 is 0 Å². The molecule has 1 amide bonds. The summed E-state index contributed by atoms with van der Waals surface area (Å²) in [4.78, 5) is 19.8. The minimum Gasteiger partial charge on any atom is -0.353 e. The molecule has 0 radical (unpaired) electrons. The lowest BCUT2D eigenvalue weighted by atomic mass is 9.95. The third-order valence-corrected chi connectivity index (χ3v) is 7.63. The van der Waals surface area contributed by atoms with Crippen molar-refractivity contribution in [2.75, 3.05) is 51.7 Å². The van der Waals surface area contributed by atoms with Gasteiger partial charge in [-0.1, -0.05) is 17.7 Å². The van der Waals surface area contributed by atoms with Gasteiger partial charge in [0.1, 0.15) is 5.52 Å². The Kier molecular flexibility index (Phi) is 6.49. The Bertz CT molecular complexity index is 1210. The van der Waals surface area contributed by atoms with Gasteiger partial charge < -0.3 is 14.7 Å². The summed E-state index contributed by atoms with van der Waals surface area (Å²) in [6.07, 6.45) is 2.81. The molecule has 35 heavy (non-hydrogen) atoms. The van der Waals surface area contributed by atoms with Crippen LogP contribution in [-0.2, 0) is 4.79 Å². The Hall–Kier alpha value is -3.00. The molecule has 1 aromatic carbocycles. The molecular weight excluding hydrogens is 438 g/mol. The molecule has 2 fully saturated rings. The molecule has 0 N–H and O–H groups in total. The molecule has 4 heterocycles. The maximum absolute atomic E-state index is 13.2.